The van der Waals surface area contributed by atoms with E-state index >= 15 is 0 Å². The number of carbonyl (C=O) groups is 3. The molecule has 0 aliphatic carbocycles. The normalized spacial score (nSPS) is 14.9. The van der Waals surface area contributed by atoms with E-state index in [-0.39, 0.29) is 12.2 Å². The lowest BCUT2D eigenvalue weighted by molar-refractivity contribution is -0.127. The number of nitrogens with one attached hydrogen (secondary N) is 2. The number of halogens is 1. The van der Waals surface area contributed by atoms with E-state index in [1.54, 1.807) is 42.5 Å². The van der Waals surface area contributed by atoms with Crippen LogP contribution in [0.25, 0.3) is 6.08 Å². The Hall–Kier alpha value is -3.13. The third-order valence-electron chi connectivity index (χ3n) is 3.89. The predicted molar refractivity (Wildman–Crippen MR) is 109 cm³/mol. The second-order valence-electron chi connectivity index (χ2n) is 5.94. The fraction of sp³-hybridized carbons (Fsp3) is 0.150. The number of rotatable bonds is 6. The summed E-state index contributed by atoms with van der Waals surface area (Å²) in [6.45, 7) is 2.05. The van der Waals surface area contributed by atoms with Crippen LogP contribution in [0.2, 0.25) is 0 Å². The van der Waals surface area contributed by atoms with Gasteiger partial charge in [0.25, 0.3) is 5.91 Å². The van der Waals surface area contributed by atoms with Gasteiger partial charge in [-0.3, -0.25) is 9.59 Å². The molecule has 1 heterocycles. The lowest BCUT2D eigenvalue weighted by Crippen LogP contribution is -2.38. The van der Waals surface area contributed by atoms with Gasteiger partial charge in [0, 0.05) is 10.2 Å². The number of carbonyl (C=O) groups excluding carboxylic acids is 3. The van der Waals surface area contributed by atoms with Crippen molar-refractivity contribution < 1.29 is 19.1 Å². The van der Waals surface area contributed by atoms with Crippen LogP contribution in [0.3, 0.4) is 0 Å². The topological polar surface area (TPSA) is 87.7 Å². The van der Waals surface area contributed by atoms with Gasteiger partial charge in [0.15, 0.2) is 0 Å². The van der Waals surface area contributed by atoms with E-state index in [0.717, 1.165) is 14.9 Å². The van der Waals surface area contributed by atoms with Gasteiger partial charge in [-0.05, 0) is 55.0 Å². The van der Waals surface area contributed by atoms with Gasteiger partial charge in [-0.15, -0.1) is 0 Å². The van der Waals surface area contributed by atoms with Gasteiger partial charge in [0.05, 0.1) is 6.61 Å². The summed E-state index contributed by atoms with van der Waals surface area (Å²) in [5, 5.41) is 5.15. The highest BCUT2D eigenvalue weighted by atomic mass is 79.9. The van der Waals surface area contributed by atoms with E-state index in [2.05, 4.69) is 26.6 Å². The molecule has 2 aromatic carbocycles. The lowest BCUT2D eigenvalue weighted by Gasteiger charge is -2.12. The minimum atomic E-state index is -0.629. The summed E-state index contributed by atoms with van der Waals surface area (Å²) in [6.07, 6.45) is 1.57. The fourth-order valence-electron chi connectivity index (χ4n) is 2.59. The Kier molecular flexibility index (Phi) is 6.10. The van der Waals surface area contributed by atoms with Crippen molar-refractivity contribution in [3.63, 3.8) is 0 Å². The monoisotopic (exact) mass is 443 g/mol. The van der Waals surface area contributed by atoms with Crippen LogP contribution in [-0.4, -0.2) is 35.9 Å². The molecule has 0 atom stereocenters. The summed E-state index contributed by atoms with van der Waals surface area (Å²) in [5.74, 6) is -0.329. The number of ether oxygens (including phenoxy) is 1. The van der Waals surface area contributed by atoms with Gasteiger partial charge in [-0.1, -0.05) is 28.1 Å². The maximum absolute atomic E-state index is 12.5. The van der Waals surface area contributed by atoms with Crippen LogP contribution in [0.1, 0.15) is 12.5 Å². The number of amides is 4. The standard InChI is InChI=1S/C20H18BrN3O4/c1-2-28-16-9-7-15(8-10-16)22-18(25)12-24-19(26)17(23-20(24)27)11-13-3-5-14(21)6-4-13/h3-11H,2,12H2,1H3,(H,22,25)(H,23,27)/b17-11-. The molecule has 4 amide bonds. The van der Waals surface area contributed by atoms with E-state index in [1.807, 2.05) is 19.1 Å². The molecule has 7 nitrogen and oxygen atoms in total. The minimum Gasteiger partial charge on any atom is -0.494 e. The van der Waals surface area contributed by atoms with E-state index in [0.29, 0.717) is 18.0 Å². The molecule has 0 spiro atoms. The summed E-state index contributed by atoms with van der Waals surface area (Å²) >= 11 is 3.34. The van der Waals surface area contributed by atoms with Crippen molar-refractivity contribution >= 4 is 45.5 Å². The molecular weight excluding hydrogens is 426 g/mol. The number of urea groups is 1. The summed E-state index contributed by atoms with van der Waals surface area (Å²) in [6, 6.07) is 13.5. The van der Waals surface area contributed by atoms with Crippen molar-refractivity contribution in [1.82, 2.24) is 10.2 Å². The SMILES string of the molecule is CCOc1ccc(NC(=O)CN2C(=O)N/C(=C\c3ccc(Br)cc3)C2=O)cc1. The summed E-state index contributed by atoms with van der Waals surface area (Å²) in [7, 11) is 0. The Morgan fingerprint density at radius 2 is 1.82 bits per heavy atom. The molecule has 2 N–H and O–H groups in total. The molecule has 1 saturated heterocycles. The molecule has 0 bridgehead atoms. The fourth-order valence-corrected chi connectivity index (χ4v) is 2.85. The average Bonchev–Trinajstić information content (AvgIpc) is 2.93. The number of nitrogens with zero attached hydrogens (tertiary/aromatic N) is 1. The Bertz CT molecular complexity index is 923. The Morgan fingerprint density at radius 1 is 1.14 bits per heavy atom. The molecule has 0 saturated carbocycles. The summed E-state index contributed by atoms with van der Waals surface area (Å²) in [5.41, 5.74) is 1.43. The highest BCUT2D eigenvalue weighted by Crippen LogP contribution is 2.18. The summed E-state index contributed by atoms with van der Waals surface area (Å²) in [4.78, 5) is 37.7. The number of hydrogen-bond donors (Lipinski definition) is 2. The van der Waals surface area contributed by atoms with Gasteiger partial charge in [0.2, 0.25) is 5.91 Å². The summed E-state index contributed by atoms with van der Waals surface area (Å²) < 4.78 is 6.25. The van der Waals surface area contributed by atoms with Crippen molar-refractivity contribution in [1.29, 1.82) is 0 Å². The minimum absolute atomic E-state index is 0.126. The molecule has 1 aliphatic heterocycles. The zero-order valence-electron chi connectivity index (χ0n) is 15.1. The lowest BCUT2D eigenvalue weighted by atomic mass is 10.2. The molecule has 144 valence electrons. The van der Waals surface area contributed by atoms with Crippen molar-refractivity contribution in [3.05, 3.63) is 64.3 Å². The van der Waals surface area contributed by atoms with E-state index < -0.39 is 17.8 Å². The molecule has 2 aromatic rings. The maximum Gasteiger partial charge on any atom is 0.329 e. The molecule has 0 unspecified atom stereocenters. The predicted octanol–water partition coefficient (Wildman–Crippen LogP) is 3.38. The number of imide groups is 1. The van der Waals surface area contributed by atoms with Crippen LogP contribution in [-0.2, 0) is 9.59 Å². The second-order valence-corrected chi connectivity index (χ2v) is 6.85. The number of hydrogen-bond acceptors (Lipinski definition) is 4. The van der Waals surface area contributed by atoms with Crippen LogP contribution in [0.4, 0.5) is 10.5 Å². The molecule has 0 aromatic heterocycles. The largest absolute Gasteiger partial charge is 0.494 e. The van der Waals surface area contributed by atoms with Gasteiger partial charge >= 0.3 is 6.03 Å². The van der Waals surface area contributed by atoms with Crippen molar-refractivity contribution in [3.8, 4) is 5.75 Å². The molecule has 8 heteroatoms. The second kappa shape index (κ2) is 8.71. The van der Waals surface area contributed by atoms with Crippen LogP contribution in [0.15, 0.2) is 58.7 Å². The van der Waals surface area contributed by atoms with Gasteiger partial charge in [-0.25, -0.2) is 9.69 Å². The van der Waals surface area contributed by atoms with Gasteiger partial charge < -0.3 is 15.4 Å². The van der Waals surface area contributed by atoms with E-state index in [9.17, 15) is 14.4 Å². The molecule has 1 fully saturated rings. The molecule has 3 rings (SSSR count). The Labute approximate surface area is 170 Å². The first-order valence-electron chi connectivity index (χ1n) is 8.59. The van der Waals surface area contributed by atoms with Crippen LogP contribution < -0.4 is 15.4 Å². The smallest absolute Gasteiger partial charge is 0.329 e. The van der Waals surface area contributed by atoms with Crippen molar-refractivity contribution in [2.45, 2.75) is 6.92 Å². The van der Waals surface area contributed by atoms with Crippen molar-refractivity contribution in [2.24, 2.45) is 0 Å². The van der Waals surface area contributed by atoms with Gasteiger partial charge in [0.1, 0.15) is 18.0 Å². The van der Waals surface area contributed by atoms with Crippen LogP contribution >= 0.6 is 15.9 Å². The third kappa shape index (κ3) is 4.77. The highest BCUT2D eigenvalue weighted by molar-refractivity contribution is 9.10. The zero-order valence-corrected chi connectivity index (χ0v) is 16.7. The highest BCUT2D eigenvalue weighted by Gasteiger charge is 2.34. The molecule has 1 aliphatic rings. The molecule has 0 radical (unpaired) electrons. The van der Waals surface area contributed by atoms with E-state index in [4.69, 9.17) is 4.74 Å². The van der Waals surface area contributed by atoms with Crippen molar-refractivity contribution in [2.75, 3.05) is 18.5 Å². The van der Waals surface area contributed by atoms with Gasteiger partial charge in [-0.2, -0.15) is 0 Å². The quantitative estimate of drug-likeness (QED) is 0.529. The first-order chi connectivity index (χ1) is 13.5. The molecular formula is C20H18BrN3O4. The number of anilines is 1. The first-order valence-corrected chi connectivity index (χ1v) is 9.38. The van der Waals surface area contributed by atoms with E-state index in [1.165, 1.54) is 0 Å². The average molecular weight is 444 g/mol. The first kappa shape index (κ1) is 19.6. The molecule has 28 heavy (non-hydrogen) atoms. The zero-order chi connectivity index (χ0) is 20.1. The number of benzene rings is 2. The Balaban J connectivity index is 1.63. The third-order valence-corrected chi connectivity index (χ3v) is 4.42. The Morgan fingerprint density at radius 3 is 2.46 bits per heavy atom. The van der Waals surface area contributed by atoms with Crippen LogP contribution in [0.5, 0.6) is 5.75 Å². The van der Waals surface area contributed by atoms with Crippen LogP contribution in [0, 0.1) is 0 Å². The maximum atomic E-state index is 12.5.